The van der Waals surface area contributed by atoms with E-state index in [1.807, 2.05) is 0 Å². The van der Waals surface area contributed by atoms with Crippen molar-refractivity contribution in [2.24, 2.45) is 5.73 Å². The molecule has 0 spiro atoms. The highest BCUT2D eigenvalue weighted by molar-refractivity contribution is 5.37. The summed E-state index contributed by atoms with van der Waals surface area (Å²) in [7, 11) is 0. The molecule has 0 amide bonds. The van der Waals surface area contributed by atoms with Gasteiger partial charge < -0.3 is 10.5 Å². The van der Waals surface area contributed by atoms with E-state index in [1.165, 1.54) is 24.0 Å². The number of benzene rings is 1. The predicted molar refractivity (Wildman–Crippen MR) is 57.4 cm³/mol. The lowest BCUT2D eigenvalue weighted by Crippen LogP contribution is -2.02. The second-order valence-corrected chi connectivity index (χ2v) is 3.82. The molecular formula is C12H17NO. The lowest BCUT2D eigenvalue weighted by molar-refractivity contribution is 0.300. The van der Waals surface area contributed by atoms with Crippen molar-refractivity contribution in [1.29, 1.82) is 0 Å². The molecule has 0 atom stereocenters. The van der Waals surface area contributed by atoms with Crippen molar-refractivity contribution in [1.82, 2.24) is 0 Å². The normalized spacial score (nSPS) is 15.6. The van der Waals surface area contributed by atoms with Crippen LogP contribution < -0.4 is 10.5 Å². The van der Waals surface area contributed by atoms with Gasteiger partial charge in [-0.3, -0.25) is 0 Å². The van der Waals surface area contributed by atoms with E-state index in [9.17, 15) is 0 Å². The van der Waals surface area contributed by atoms with Gasteiger partial charge >= 0.3 is 0 Å². The zero-order chi connectivity index (χ0) is 9.97. The molecule has 0 bridgehead atoms. The van der Waals surface area contributed by atoms with E-state index in [-0.39, 0.29) is 0 Å². The van der Waals surface area contributed by atoms with Crippen LogP contribution in [0.5, 0.6) is 5.75 Å². The molecule has 1 aromatic rings. The van der Waals surface area contributed by atoms with Crippen LogP contribution in [0.15, 0.2) is 18.2 Å². The first kappa shape index (κ1) is 9.53. The van der Waals surface area contributed by atoms with Crippen LogP contribution in [0, 0.1) is 0 Å². The maximum absolute atomic E-state index is 5.81. The maximum atomic E-state index is 5.81. The van der Waals surface area contributed by atoms with Crippen molar-refractivity contribution < 1.29 is 4.74 Å². The first-order chi connectivity index (χ1) is 6.83. The monoisotopic (exact) mass is 191 g/mol. The number of rotatable bonds is 4. The Bertz CT molecular complexity index is 318. The van der Waals surface area contributed by atoms with Crippen molar-refractivity contribution in [2.45, 2.75) is 38.8 Å². The minimum absolute atomic E-state index is 0.476. The molecule has 0 aliphatic heterocycles. The average Bonchev–Trinajstić information content (AvgIpc) is 3.02. The van der Waals surface area contributed by atoms with Crippen LogP contribution in [0.4, 0.5) is 0 Å². The summed E-state index contributed by atoms with van der Waals surface area (Å²) < 4.78 is 5.81. The van der Waals surface area contributed by atoms with E-state index >= 15 is 0 Å². The summed E-state index contributed by atoms with van der Waals surface area (Å²) in [6.07, 6.45) is 3.91. The third-order valence-corrected chi connectivity index (χ3v) is 2.56. The summed E-state index contributed by atoms with van der Waals surface area (Å²) in [5.41, 5.74) is 8.06. The zero-order valence-corrected chi connectivity index (χ0v) is 8.62. The number of nitrogens with two attached hydrogens (primary N) is 1. The van der Waals surface area contributed by atoms with Gasteiger partial charge in [-0.1, -0.05) is 19.1 Å². The Morgan fingerprint density at radius 3 is 2.79 bits per heavy atom. The topological polar surface area (TPSA) is 35.2 Å². The number of ether oxygens (including phenoxy) is 1. The summed E-state index contributed by atoms with van der Waals surface area (Å²) in [5, 5.41) is 0. The van der Waals surface area contributed by atoms with Crippen molar-refractivity contribution in [2.75, 3.05) is 0 Å². The van der Waals surface area contributed by atoms with E-state index < -0.39 is 0 Å². The van der Waals surface area contributed by atoms with E-state index in [0.29, 0.717) is 12.6 Å². The second kappa shape index (κ2) is 4.01. The summed E-state index contributed by atoms with van der Waals surface area (Å²) in [6, 6.07) is 6.26. The molecule has 2 heteroatoms. The molecule has 2 N–H and O–H groups in total. The molecule has 76 valence electrons. The SMILES string of the molecule is CCc1cc(CN)ccc1OC1CC1. The third kappa shape index (κ3) is 2.07. The third-order valence-electron chi connectivity index (χ3n) is 2.56. The molecule has 1 aromatic carbocycles. The van der Waals surface area contributed by atoms with Crippen LogP contribution >= 0.6 is 0 Å². The Morgan fingerprint density at radius 2 is 2.21 bits per heavy atom. The van der Waals surface area contributed by atoms with Gasteiger partial charge in [-0.25, -0.2) is 0 Å². The van der Waals surface area contributed by atoms with Gasteiger partial charge in [0.25, 0.3) is 0 Å². The van der Waals surface area contributed by atoms with E-state index in [1.54, 1.807) is 0 Å². The molecule has 0 aromatic heterocycles. The van der Waals surface area contributed by atoms with Gasteiger partial charge in [-0.15, -0.1) is 0 Å². The predicted octanol–water partition coefficient (Wildman–Crippen LogP) is 2.25. The van der Waals surface area contributed by atoms with Crippen molar-refractivity contribution in [3.05, 3.63) is 29.3 Å². The molecule has 1 saturated carbocycles. The first-order valence-corrected chi connectivity index (χ1v) is 5.32. The van der Waals surface area contributed by atoms with Crippen molar-refractivity contribution >= 4 is 0 Å². The molecule has 0 saturated heterocycles. The van der Waals surface area contributed by atoms with Crippen LogP contribution in [0.3, 0.4) is 0 Å². The van der Waals surface area contributed by atoms with Crippen molar-refractivity contribution in [3.8, 4) is 5.75 Å². The summed E-state index contributed by atoms with van der Waals surface area (Å²) in [6.45, 7) is 2.76. The number of hydrogen-bond acceptors (Lipinski definition) is 2. The van der Waals surface area contributed by atoms with Gasteiger partial charge in [-0.05, 0) is 36.5 Å². The Hall–Kier alpha value is -1.02. The Labute approximate surface area is 85.1 Å². The lowest BCUT2D eigenvalue weighted by atomic mass is 10.1. The molecule has 2 nitrogen and oxygen atoms in total. The minimum atomic E-state index is 0.476. The van der Waals surface area contributed by atoms with Crippen LogP contribution in [0.1, 0.15) is 30.9 Å². The number of aryl methyl sites for hydroxylation is 1. The van der Waals surface area contributed by atoms with Gasteiger partial charge in [0.2, 0.25) is 0 Å². The van der Waals surface area contributed by atoms with Crippen molar-refractivity contribution in [3.63, 3.8) is 0 Å². The molecule has 2 rings (SSSR count). The minimum Gasteiger partial charge on any atom is -0.490 e. The Morgan fingerprint density at radius 1 is 1.43 bits per heavy atom. The molecular weight excluding hydrogens is 174 g/mol. The van der Waals surface area contributed by atoms with Crippen LogP contribution in [0.25, 0.3) is 0 Å². The fourth-order valence-electron chi connectivity index (χ4n) is 1.52. The smallest absolute Gasteiger partial charge is 0.122 e. The summed E-state index contributed by atoms with van der Waals surface area (Å²) >= 11 is 0. The zero-order valence-electron chi connectivity index (χ0n) is 8.62. The van der Waals surface area contributed by atoms with Crippen LogP contribution in [0.2, 0.25) is 0 Å². The average molecular weight is 191 g/mol. The molecule has 1 fully saturated rings. The van der Waals surface area contributed by atoms with Gasteiger partial charge in [0.05, 0.1) is 6.10 Å². The van der Waals surface area contributed by atoms with E-state index in [4.69, 9.17) is 10.5 Å². The highest BCUT2D eigenvalue weighted by atomic mass is 16.5. The second-order valence-electron chi connectivity index (χ2n) is 3.82. The molecule has 0 radical (unpaired) electrons. The molecule has 0 heterocycles. The molecule has 1 aliphatic rings. The quantitative estimate of drug-likeness (QED) is 0.792. The summed E-state index contributed by atoms with van der Waals surface area (Å²) in [4.78, 5) is 0. The molecule has 14 heavy (non-hydrogen) atoms. The highest BCUT2D eigenvalue weighted by Gasteiger charge is 2.24. The molecule has 0 unspecified atom stereocenters. The summed E-state index contributed by atoms with van der Waals surface area (Å²) in [5.74, 6) is 1.05. The highest BCUT2D eigenvalue weighted by Crippen LogP contribution is 2.29. The fourth-order valence-corrected chi connectivity index (χ4v) is 1.52. The number of hydrogen-bond donors (Lipinski definition) is 1. The van der Waals surface area contributed by atoms with E-state index in [2.05, 4.69) is 25.1 Å². The van der Waals surface area contributed by atoms with Gasteiger partial charge in [0.15, 0.2) is 0 Å². The van der Waals surface area contributed by atoms with Crippen LogP contribution in [-0.2, 0) is 13.0 Å². The largest absolute Gasteiger partial charge is 0.490 e. The Kier molecular flexibility index (Phi) is 2.73. The first-order valence-electron chi connectivity index (χ1n) is 5.32. The lowest BCUT2D eigenvalue weighted by Gasteiger charge is -2.10. The standard InChI is InChI=1S/C12H17NO/c1-2-10-7-9(8-13)3-6-12(10)14-11-4-5-11/h3,6-7,11H,2,4-5,8,13H2,1H3. The van der Waals surface area contributed by atoms with Gasteiger partial charge in [0.1, 0.15) is 5.75 Å². The van der Waals surface area contributed by atoms with Gasteiger partial charge in [-0.2, -0.15) is 0 Å². The maximum Gasteiger partial charge on any atom is 0.122 e. The fraction of sp³-hybridized carbons (Fsp3) is 0.500. The van der Waals surface area contributed by atoms with E-state index in [0.717, 1.165) is 12.2 Å². The van der Waals surface area contributed by atoms with Crippen LogP contribution in [-0.4, -0.2) is 6.10 Å². The van der Waals surface area contributed by atoms with Gasteiger partial charge in [0, 0.05) is 6.54 Å². The molecule has 1 aliphatic carbocycles. The Balaban J connectivity index is 2.19.